The molecule has 1 amide bonds. The molecule has 1 atom stereocenters. The van der Waals surface area contributed by atoms with Crippen LogP contribution >= 0.6 is 0 Å². The number of hydrogen-bond donors (Lipinski definition) is 0. The van der Waals surface area contributed by atoms with Crippen LogP contribution in [0.4, 0.5) is 5.69 Å². The molecule has 1 saturated heterocycles. The van der Waals surface area contributed by atoms with E-state index in [4.69, 9.17) is 5.26 Å². The number of anilines is 1. The van der Waals surface area contributed by atoms with Gasteiger partial charge in [-0.3, -0.25) is 4.79 Å². The van der Waals surface area contributed by atoms with E-state index in [0.29, 0.717) is 12.8 Å². The van der Waals surface area contributed by atoms with Gasteiger partial charge in [-0.05, 0) is 31.0 Å². The van der Waals surface area contributed by atoms with Gasteiger partial charge >= 0.3 is 0 Å². The van der Waals surface area contributed by atoms with Crippen LogP contribution in [0.5, 0.6) is 0 Å². The highest BCUT2D eigenvalue weighted by molar-refractivity contribution is 5.96. The van der Waals surface area contributed by atoms with E-state index in [1.54, 1.807) is 0 Å². The summed E-state index contributed by atoms with van der Waals surface area (Å²) >= 11 is 0. The minimum absolute atomic E-state index is 0.195. The third-order valence-corrected chi connectivity index (χ3v) is 2.98. The van der Waals surface area contributed by atoms with E-state index >= 15 is 0 Å². The number of nitriles is 1. The molecule has 3 heteroatoms. The van der Waals surface area contributed by atoms with Gasteiger partial charge in [0, 0.05) is 18.2 Å². The van der Waals surface area contributed by atoms with E-state index in [2.05, 4.69) is 13.0 Å². The van der Waals surface area contributed by atoms with E-state index in [9.17, 15) is 4.79 Å². The normalized spacial score (nSPS) is 19.9. The van der Waals surface area contributed by atoms with Gasteiger partial charge in [0.15, 0.2) is 0 Å². The van der Waals surface area contributed by atoms with Crippen LogP contribution in [-0.4, -0.2) is 11.9 Å². The second-order valence-corrected chi connectivity index (χ2v) is 4.15. The molecule has 0 saturated carbocycles. The summed E-state index contributed by atoms with van der Waals surface area (Å²) in [7, 11) is 0. The Bertz CT molecular complexity index is 430. The molecule has 1 aromatic carbocycles. The summed E-state index contributed by atoms with van der Waals surface area (Å²) in [6.45, 7) is 2.06. The average molecular weight is 214 g/mol. The van der Waals surface area contributed by atoms with Gasteiger partial charge in [0.05, 0.1) is 12.5 Å². The smallest absolute Gasteiger partial charge is 0.227 e. The maximum absolute atomic E-state index is 11.7. The first-order valence-corrected chi connectivity index (χ1v) is 5.50. The lowest BCUT2D eigenvalue weighted by molar-refractivity contribution is -0.117. The molecular weight excluding hydrogens is 200 g/mol. The zero-order valence-corrected chi connectivity index (χ0v) is 9.31. The maximum Gasteiger partial charge on any atom is 0.227 e. The van der Waals surface area contributed by atoms with Crippen LogP contribution in [0.1, 0.15) is 25.3 Å². The van der Waals surface area contributed by atoms with Crippen LogP contribution < -0.4 is 4.90 Å². The van der Waals surface area contributed by atoms with Gasteiger partial charge in [0.1, 0.15) is 0 Å². The van der Waals surface area contributed by atoms with E-state index in [0.717, 1.165) is 17.7 Å². The van der Waals surface area contributed by atoms with Crippen LogP contribution in [0.15, 0.2) is 24.3 Å². The fraction of sp³-hybridized carbons (Fsp3) is 0.385. The first-order chi connectivity index (χ1) is 7.72. The highest BCUT2D eigenvalue weighted by atomic mass is 16.2. The molecule has 16 heavy (non-hydrogen) atoms. The Morgan fingerprint density at radius 1 is 1.44 bits per heavy atom. The van der Waals surface area contributed by atoms with Gasteiger partial charge in [0.25, 0.3) is 0 Å². The molecule has 2 rings (SSSR count). The molecule has 1 aliphatic rings. The number of hydrogen-bond acceptors (Lipinski definition) is 2. The predicted octanol–water partition coefficient (Wildman–Crippen LogP) is 2.27. The summed E-state index contributed by atoms with van der Waals surface area (Å²) in [5.41, 5.74) is 1.93. The number of nitrogens with zero attached hydrogens (tertiary/aromatic N) is 2. The standard InChI is InChI=1S/C13H14N2O/c1-10-2-7-13(16)15(10)12-5-3-11(4-6-12)8-9-14/h3-6,10H,2,7-8H2,1H3. The van der Waals surface area contributed by atoms with Crippen molar-refractivity contribution in [1.82, 2.24) is 0 Å². The largest absolute Gasteiger partial charge is 0.310 e. The summed E-state index contributed by atoms with van der Waals surface area (Å²) in [6, 6.07) is 10.1. The van der Waals surface area contributed by atoms with Crippen molar-refractivity contribution in [3.8, 4) is 6.07 Å². The topological polar surface area (TPSA) is 44.1 Å². The van der Waals surface area contributed by atoms with Gasteiger partial charge in [-0.2, -0.15) is 5.26 Å². The van der Waals surface area contributed by atoms with Gasteiger partial charge in [-0.25, -0.2) is 0 Å². The Kier molecular flexibility index (Phi) is 2.91. The molecule has 0 N–H and O–H groups in total. The monoisotopic (exact) mass is 214 g/mol. The van der Waals surface area contributed by atoms with Crippen LogP contribution in [-0.2, 0) is 11.2 Å². The lowest BCUT2D eigenvalue weighted by atomic mass is 10.1. The first-order valence-electron chi connectivity index (χ1n) is 5.50. The number of benzene rings is 1. The SMILES string of the molecule is CC1CCC(=O)N1c1ccc(CC#N)cc1. The maximum atomic E-state index is 11.7. The number of carbonyl (C=O) groups is 1. The number of carbonyl (C=O) groups excluding carboxylic acids is 1. The molecule has 82 valence electrons. The first kappa shape index (κ1) is 10.7. The van der Waals surface area contributed by atoms with Gasteiger partial charge in [-0.1, -0.05) is 12.1 Å². The number of rotatable bonds is 2. The average Bonchev–Trinajstić information content (AvgIpc) is 2.61. The Morgan fingerprint density at radius 3 is 2.62 bits per heavy atom. The second kappa shape index (κ2) is 4.36. The summed E-state index contributed by atoms with van der Waals surface area (Å²) < 4.78 is 0. The molecule has 0 bridgehead atoms. The highest BCUT2D eigenvalue weighted by Gasteiger charge is 2.28. The van der Waals surface area contributed by atoms with Crippen molar-refractivity contribution in [3.63, 3.8) is 0 Å². The molecule has 1 unspecified atom stereocenters. The molecule has 0 spiro atoms. The van der Waals surface area contributed by atoms with Crippen LogP contribution in [0.2, 0.25) is 0 Å². The van der Waals surface area contributed by atoms with E-state index in [1.165, 1.54) is 0 Å². The third kappa shape index (κ3) is 1.92. The molecule has 1 aromatic rings. The van der Waals surface area contributed by atoms with Gasteiger partial charge < -0.3 is 4.90 Å². The van der Waals surface area contributed by atoms with Crippen LogP contribution in [0, 0.1) is 11.3 Å². The Balaban J connectivity index is 2.21. The molecule has 1 heterocycles. The lowest BCUT2D eigenvalue weighted by Gasteiger charge is -2.21. The molecule has 0 radical (unpaired) electrons. The minimum atomic E-state index is 0.195. The molecule has 1 aliphatic heterocycles. The summed E-state index contributed by atoms with van der Waals surface area (Å²) in [5.74, 6) is 0.195. The Hall–Kier alpha value is -1.82. The molecule has 1 fully saturated rings. The van der Waals surface area contributed by atoms with Gasteiger partial charge in [0.2, 0.25) is 5.91 Å². The fourth-order valence-electron chi connectivity index (χ4n) is 2.09. The van der Waals surface area contributed by atoms with Crippen molar-refractivity contribution < 1.29 is 4.79 Å². The summed E-state index contributed by atoms with van der Waals surface area (Å²) in [5, 5.41) is 8.57. The Labute approximate surface area is 95.3 Å². The molecule has 3 nitrogen and oxygen atoms in total. The van der Waals surface area contributed by atoms with Crippen LogP contribution in [0.3, 0.4) is 0 Å². The van der Waals surface area contributed by atoms with Crippen molar-refractivity contribution in [3.05, 3.63) is 29.8 Å². The third-order valence-electron chi connectivity index (χ3n) is 2.98. The zero-order valence-electron chi connectivity index (χ0n) is 9.31. The zero-order chi connectivity index (χ0) is 11.5. The Morgan fingerprint density at radius 2 is 2.12 bits per heavy atom. The summed E-state index contributed by atoms with van der Waals surface area (Å²) in [4.78, 5) is 13.5. The van der Waals surface area contributed by atoms with Crippen molar-refractivity contribution in [2.45, 2.75) is 32.2 Å². The van der Waals surface area contributed by atoms with Crippen molar-refractivity contribution in [1.29, 1.82) is 5.26 Å². The van der Waals surface area contributed by atoms with Crippen LogP contribution in [0.25, 0.3) is 0 Å². The predicted molar refractivity (Wildman–Crippen MR) is 61.9 cm³/mol. The highest BCUT2D eigenvalue weighted by Crippen LogP contribution is 2.26. The minimum Gasteiger partial charge on any atom is -0.310 e. The summed E-state index contributed by atoms with van der Waals surface area (Å²) in [6.07, 6.45) is 1.99. The van der Waals surface area contributed by atoms with E-state index in [-0.39, 0.29) is 11.9 Å². The van der Waals surface area contributed by atoms with Crippen molar-refractivity contribution in [2.75, 3.05) is 4.90 Å². The second-order valence-electron chi connectivity index (χ2n) is 4.15. The van der Waals surface area contributed by atoms with Gasteiger partial charge in [-0.15, -0.1) is 0 Å². The van der Waals surface area contributed by atoms with E-state index in [1.807, 2.05) is 29.2 Å². The van der Waals surface area contributed by atoms with Crippen molar-refractivity contribution >= 4 is 11.6 Å². The molecule has 0 aromatic heterocycles. The van der Waals surface area contributed by atoms with Crippen molar-refractivity contribution in [2.24, 2.45) is 0 Å². The van der Waals surface area contributed by atoms with E-state index < -0.39 is 0 Å². The molecular formula is C13H14N2O. The fourth-order valence-corrected chi connectivity index (χ4v) is 2.09. The lowest BCUT2D eigenvalue weighted by Crippen LogP contribution is -2.30. The number of amides is 1. The molecule has 0 aliphatic carbocycles. The quantitative estimate of drug-likeness (QED) is 0.758.